The van der Waals surface area contributed by atoms with Crippen LogP contribution in [0.3, 0.4) is 0 Å². The van der Waals surface area contributed by atoms with Gasteiger partial charge in [0.2, 0.25) is 0 Å². The zero-order valence-electron chi connectivity index (χ0n) is 13.9. The number of hydrogen-bond donors (Lipinski definition) is 0. The molecule has 0 N–H and O–H groups in total. The number of ether oxygens (including phenoxy) is 1. The number of benzene rings is 2. The third-order valence-corrected chi connectivity index (χ3v) is 4.48. The summed E-state index contributed by atoms with van der Waals surface area (Å²) in [7, 11) is 0. The second-order valence-electron chi connectivity index (χ2n) is 5.60. The van der Waals surface area contributed by atoms with Crippen LogP contribution in [-0.2, 0) is 4.79 Å². The van der Waals surface area contributed by atoms with Crippen molar-refractivity contribution in [1.29, 1.82) is 0 Å². The van der Waals surface area contributed by atoms with Crippen molar-refractivity contribution in [3.63, 3.8) is 0 Å². The molecule has 130 valence electrons. The lowest BCUT2D eigenvalue weighted by Crippen LogP contribution is -2.04. The van der Waals surface area contributed by atoms with Crippen LogP contribution in [0.4, 0.5) is 5.69 Å². The molecule has 2 rings (SSSR count). The second kappa shape index (κ2) is 8.58. The highest BCUT2D eigenvalue weighted by Crippen LogP contribution is 2.30. The van der Waals surface area contributed by atoms with Gasteiger partial charge in [-0.3, -0.25) is 10.1 Å². The third-order valence-electron chi connectivity index (χ3n) is 3.86. The second-order valence-corrected chi connectivity index (χ2v) is 6.46. The summed E-state index contributed by atoms with van der Waals surface area (Å²) < 4.78 is 6.04. The first-order valence-electron chi connectivity index (χ1n) is 7.84. The van der Waals surface area contributed by atoms with E-state index in [1.807, 2.05) is 12.1 Å². The summed E-state index contributed by atoms with van der Waals surface area (Å²) in [4.78, 5) is 22.1. The molecule has 25 heavy (non-hydrogen) atoms. The highest BCUT2D eigenvalue weighted by Gasteiger charge is 2.09. The molecule has 5 nitrogen and oxygen atoms in total. The van der Waals surface area contributed by atoms with E-state index in [1.165, 1.54) is 23.8 Å². The van der Waals surface area contributed by atoms with Crippen molar-refractivity contribution in [3.8, 4) is 5.75 Å². The Balaban J connectivity index is 2.03. The topological polar surface area (TPSA) is 69.4 Å². The van der Waals surface area contributed by atoms with Crippen LogP contribution in [0.2, 0.25) is 0 Å². The van der Waals surface area contributed by atoms with Gasteiger partial charge < -0.3 is 4.74 Å². The normalized spacial score (nSPS) is 12.1. The molecular formula is C19H18BrNO4. The molecule has 0 saturated heterocycles. The Morgan fingerprint density at radius 3 is 2.52 bits per heavy atom. The summed E-state index contributed by atoms with van der Waals surface area (Å²) in [6, 6.07) is 11.6. The predicted molar refractivity (Wildman–Crippen MR) is 101 cm³/mol. The van der Waals surface area contributed by atoms with Gasteiger partial charge in [0.05, 0.1) is 9.40 Å². The third kappa shape index (κ3) is 5.26. The number of esters is 1. The van der Waals surface area contributed by atoms with Gasteiger partial charge in [-0.05, 0) is 69.7 Å². The Labute approximate surface area is 154 Å². The van der Waals surface area contributed by atoms with Crippen LogP contribution in [0.15, 0.2) is 53.0 Å². The molecule has 2 aromatic carbocycles. The average Bonchev–Trinajstić information content (AvgIpc) is 2.61. The van der Waals surface area contributed by atoms with Crippen LogP contribution in [-0.4, -0.2) is 10.9 Å². The van der Waals surface area contributed by atoms with Crippen molar-refractivity contribution in [2.45, 2.75) is 26.2 Å². The SMILES string of the molecule is CCC(C)c1ccc(OC(=O)/C=C/c2ccc([N+](=O)[O-])cc2)c(Br)c1. The molecular weight excluding hydrogens is 386 g/mol. The van der Waals surface area contributed by atoms with E-state index in [0.29, 0.717) is 17.2 Å². The van der Waals surface area contributed by atoms with Gasteiger partial charge in [-0.2, -0.15) is 0 Å². The average molecular weight is 404 g/mol. The zero-order chi connectivity index (χ0) is 18.4. The number of non-ortho nitro benzene ring substituents is 1. The minimum atomic E-state index is -0.518. The molecule has 0 aliphatic rings. The minimum Gasteiger partial charge on any atom is -0.422 e. The summed E-state index contributed by atoms with van der Waals surface area (Å²) >= 11 is 3.43. The van der Waals surface area contributed by atoms with E-state index < -0.39 is 10.9 Å². The number of halogens is 1. The summed E-state index contributed by atoms with van der Waals surface area (Å²) in [5.41, 5.74) is 1.86. The molecule has 0 fully saturated rings. The zero-order valence-corrected chi connectivity index (χ0v) is 15.5. The van der Waals surface area contributed by atoms with Gasteiger partial charge >= 0.3 is 5.97 Å². The number of rotatable bonds is 6. The van der Waals surface area contributed by atoms with Crippen LogP contribution in [0.1, 0.15) is 37.3 Å². The molecule has 0 aliphatic carbocycles. The van der Waals surface area contributed by atoms with Crippen LogP contribution < -0.4 is 4.74 Å². The Bertz CT molecular complexity index is 800. The van der Waals surface area contributed by atoms with Gasteiger partial charge in [-0.15, -0.1) is 0 Å². The molecule has 0 spiro atoms. The Hall–Kier alpha value is -2.47. The number of carbonyl (C=O) groups is 1. The van der Waals surface area contributed by atoms with Crippen molar-refractivity contribution >= 4 is 33.7 Å². The number of nitro groups is 1. The lowest BCUT2D eigenvalue weighted by Gasteiger charge is -2.11. The highest BCUT2D eigenvalue weighted by atomic mass is 79.9. The van der Waals surface area contributed by atoms with Crippen LogP contribution >= 0.6 is 15.9 Å². The monoisotopic (exact) mass is 403 g/mol. The van der Waals surface area contributed by atoms with E-state index in [-0.39, 0.29) is 5.69 Å². The first-order valence-corrected chi connectivity index (χ1v) is 8.63. The Morgan fingerprint density at radius 2 is 1.96 bits per heavy atom. The van der Waals surface area contributed by atoms with Gasteiger partial charge in [-0.25, -0.2) is 4.79 Å². The first kappa shape index (κ1) is 18.9. The smallest absolute Gasteiger partial charge is 0.336 e. The number of carbonyl (C=O) groups excluding carboxylic acids is 1. The van der Waals surface area contributed by atoms with Crippen molar-refractivity contribution in [3.05, 3.63) is 74.3 Å². The molecule has 0 heterocycles. The van der Waals surface area contributed by atoms with Crippen LogP contribution in [0.25, 0.3) is 6.08 Å². The summed E-state index contributed by atoms with van der Waals surface area (Å²) in [6.45, 7) is 4.26. The van der Waals surface area contributed by atoms with E-state index in [2.05, 4.69) is 29.8 Å². The van der Waals surface area contributed by atoms with Crippen molar-refractivity contribution in [2.75, 3.05) is 0 Å². The van der Waals surface area contributed by atoms with E-state index in [1.54, 1.807) is 24.3 Å². The maximum atomic E-state index is 12.0. The van der Waals surface area contributed by atoms with Gasteiger partial charge in [0.15, 0.2) is 0 Å². The molecule has 0 aromatic heterocycles. The van der Waals surface area contributed by atoms with Crippen molar-refractivity contribution in [2.24, 2.45) is 0 Å². The van der Waals surface area contributed by atoms with Crippen LogP contribution in [0.5, 0.6) is 5.75 Å². The van der Waals surface area contributed by atoms with Gasteiger partial charge in [0, 0.05) is 18.2 Å². The Morgan fingerprint density at radius 1 is 1.28 bits per heavy atom. The lowest BCUT2D eigenvalue weighted by atomic mass is 9.99. The van der Waals surface area contributed by atoms with E-state index >= 15 is 0 Å². The molecule has 2 aromatic rings. The molecule has 0 saturated carbocycles. The fraction of sp³-hybridized carbons (Fsp3) is 0.211. The summed E-state index contributed by atoms with van der Waals surface area (Å²) in [6.07, 6.45) is 3.87. The lowest BCUT2D eigenvalue weighted by molar-refractivity contribution is -0.384. The largest absolute Gasteiger partial charge is 0.422 e. The quantitative estimate of drug-likeness (QED) is 0.210. The maximum absolute atomic E-state index is 12.0. The van der Waals surface area contributed by atoms with E-state index in [9.17, 15) is 14.9 Å². The van der Waals surface area contributed by atoms with E-state index in [4.69, 9.17) is 4.74 Å². The maximum Gasteiger partial charge on any atom is 0.336 e. The minimum absolute atomic E-state index is 0.00468. The highest BCUT2D eigenvalue weighted by molar-refractivity contribution is 9.10. The van der Waals surface area contributed by atoms with E-state index in [0.717, 1.165) is 10.9 Å². The van der Waals surface area contributed by atoms with Gasteiger partial charge in [-0.1, -0.05) is 19.9 Å². The molecule has 0 bridgehead atoms. The molecule has 1 unspecified atom stereocenters. The fourth-order valence-corrected chi connectivity index (χ4v) is 2.63. The summed E-state index contributed by atoms with van der Waals surface area (Å²) in [5.74, 6) is 0.365. The number of nitrogens with zero attached hydrogens (tertiary/aromatic N) is 1. The molecule has 0 aliphatic heterocycles. The van der Waals surface area contributed by atoms with Gasteiger partial charge in [0.25, 0.3) is 5.69 Å². The van der Waals surface area contributed by atoms with Crippen molar-refractivity contribution in [1.82, 2.24) is 0 Å². The molecule has 6 heteroatoms. The first-order chi connectivity index (χ1) is 11.9. The molecule has 0 amide bonds. The summed E-state index contributed by atoms with van der Waals surface area (Å²) in [5, 5.41) is 10.6. The predicted octanol–water partition coefficient (Wildman–Crippen LogP) is 5.49. The Kier molecular flexibility index (Phi) is 6.47. The standard InChI is InChI=1S/C19H18BrNO4/c1-3-13(2)15-7-10-18(17(20)12-15)25-19(22)11-6-14-4-8-16(9-5-14)21(23)24/h4-13H,3H2,1-2H3/b11-6+. The fourth-order valence-electron chi connectivity index (χ4n) is 2.16. The number of nitro benzene ring substituents is 1. The van der Waals surface area contributed by atoms with Gasteiger partial charge in [0.1, 0.15) is 5.75 Å². The van der Waals surface area contributed by atoms with Crippen LogP contribution in [0, 0.1) is 10.1 Å². The number of hydrogen-bond acceptors (Lipinski definition) is 4. The molecule has 1 atom stereocenters. The molecule has 0 radical (unpaired) electrons. The van der Waals surface area contributed by atoms with Crippen molar-refractivity contribution < 1.29 is 14.5 Å².